The minimum absolute atomic E-state index is 0.160. The largest absolute Gasteiger partial charge is 0.471 e. The number of amides is 1. The molecule has 12 heteroatoms. The minimum Gasteiger partial charge on any atom is -0.362 e. The summed E-state index contributed by atoms with van der Waals surface area (Å²) < 4.78 is 79.5. The Labute approximate surface area is 199 Å². The number of rotatable bonds is 5. The highest BCUT2D eigenvalue weighted by Crippen LogP contribution is 2.36. The molecule has 1 heterocycles. The number of benzene rings is 1. The first-order chi connectivity index (χ1) is 16.2. The Morgan fingerprint density at radius 1 is 1.00 bits per heavy atom. The SMILES string of the molecule is Cc1nc(NC2CCC(N(C(=O)C(F)(F)F)c3cccc(C(F)(F)F)c3)CC2)nc(N(C)C)c1C. The molecule has 0 unspecified atom stereocenters. The molecule has 0 saturated heterocycles. The quantitative estimate of drug-likeness (QED) is 0.547. The summed E-state index contributed by atoms with van der Waals surface area (Å²) in [6.07, 6.45) is -8.86. The zero-order valence-electron chi connectivity index (χ0n) is 19.8. The Bertz CT molecular complexity index is 1060. The molecule has 192 valence electrons. The number of carbonyl (C=O) groups excluding carboxylic acids is 1. The van der Waals surface area contributed by atoms with Crippen LogP contribution in [0.1, 0.15) is 42.5 Å². The zero-order chi connectivity index (χ0) is 26.1. The summed E-state index contributed by atoms with van der Waals surface area (Å²) in [6, 6.07) is 2.37. The Kier molecular flexibility index (Phi) is 7.51. The van der Waals surface area contributed by atoms with Crippen molar-refractivity contribution in [3.05, 3.63) is 41.1 Å². The van der Waals surface area contributed by atoms with Crippen LogP contribution in [-0.4, -0.2) is 48.2 Å². The standard InChI is InChI=1S/C23H27F6N5O/c1-13-14(2)30-21(32-19(13)33(3)4)31-16-8-10-17(11-9-16)34(20(35)23(27,28)29)18-7-5-6-15(12-18)22(24,25)26/h5-7,12,16-17H,8-11H2,1-4H3,(H,30,31,32). The van der Waals surface area contributed by atoms with Crippen LogP contribution in [0.5, 0.6) is 0 Å². The summed E-state index contributed by atoms with van der Waals surface area (Å²) in [5, 5.41) is 3.21. The molecule has 3 rings (SSSR count). The van der Waals surface area contributed by atoms with E-state index in [1.165, 1.54) is 0 Å². The molecule has 0 atom stereocenters. The molecule has 0 radical (unpaired) electrons. The summed E-state index contributed by atoms with van der Waals surface area (Å²) in [7, 11) is 3.70. The highest BCUT2D eigenvalue weighted by Gasteiger charge is 2.46. The predicted octanol–water partition coefficient (Wildman–Crippen LogP) is 5.50. The number of hydrogen-bond acceptors (Lipinski definition) is 5. The summed E-state index contributed by atoms with van der Waals surface area (Å²) in [5.74, 6) is -1.05. The number of anilines is 3. The van der Waals surface area contributed by atoms with E-state index in [0.717, 1.165) is 35.3 Å². The third-order valence-electron chi connectivity index (χ3n) is 6.10. The van der Waals surface area contributed by atoms with Gasteiger partial charge in [-0.05, 0) is 57.7 Å². The van der Waals surface area contributed by atoms with Gasteiger partial charge in [-0.1, -0.05) is 6.07 Å². The van der Waals surface area contributed by atoms with Crippen molar-refractivity contribution >= 4 is 23.4 Å². The van der Waals surface area contributed by atoms with Crippen molar-refractivity contribution in [2.75, 3.05) is 29.2 Å². The molecule has 1 aromatic carbocycles. The maximum Gasteiger partial charge on any atom is 0.471 e. The van der Waals surface area contributed by atoms with Gasteiger partial charge < -0.3 is 15.1 Å². The first kappa shape index (κ1) is 26.6. The van der Waals surface area contributed by atoms with Crippen LogP contribution >= 0.6 is 0 Å². The van der Waals surface area contributed by atoms with Gasteiger partial charge in [0.1, 0.15) is 5.82 Å². The fourth-order valence-electron chi connectivity index (χ4n) is 4.24. The van der Waals surface area contributed by atoms with Gasteiger partial charge in [-0.25, -0.2) is 4.98 Å². The van der Waals surface area contributed by atoms with Crippen molar-refractivity contribution < 1.29 is 31.1 Å². The topological polar surface area (TPSA) is 61.4 Å². The molecule has 1 aliphatic rings. The Balaban J connectivity index is 1.80. The lowest BCUT2D eigenvalue weighted by Gasteiger charge is -2.37. The Hall–Kier alpha value is -3.05. The second-order valence-electron chi connectivity index (χ2n) is 8.85. The van der Waals surface area contributed by atoms with Gasteiger partial charge in [0.25, 0.3) is 0 Å². The maximum absolute atomic E-state index is 13.4. The van der Waals surface area contributed by atoms with E-state index >= 15 is 0 Å². The summed E-state index contributed by atoms with van der Waals surface area (Å²) in [4.78, 5) is 23.5. The Morgan fingerprint density at radius 2 is 1.63 bits per heavy atom. The summed E-state index contributed by atoms with van der Waals surface area (Å²) in [6.45, 7) is 3.75. The van der Waals surface area contributed by atoms with E-state index in [1.54, 1.807) is 0 Å². The molecule has 2 aromatic rings. The second-order valence-corrected chi connectivity index (χ2v) is 8.85. The van der Waals surface area contributed by atoms with Crippen LogP contribution in [0.4, 0.5) is 43.8 Å². The molecule has 1 saturated carbocycles. The van der Waals surface area contributed by atoms with Crippen LogP contribution < -0.4 is 15.1 Å². The molecular formula is C23H27F6N5O. The molecule has 1 N–H and O–H groups in total. The van der Waals surface area contributed by atoms with Crippen molar-refractivity contribution in [2.24, 2.45) is 0 Å². The van der Waals surface area contributed by atoms with Gasteiger partial charge in [-0.2, -0.15) is 31.3 Å². The highest BCUT2D eigenvalue weighted by atomic mass is 19.4. The number of nitrogens with one attached hydrogen (secondary N) is 1. The van der Waals surface area contributed by atoms with Gasteiger partial charge in [0, 0.05) is 43.1 Å². The molecule has 0 spiro atoms. The summed E-state index contributed by atoms with van der Waals surface area (Å²) in [5.41, 5.74) is 0.165. The number of nitrogens with zero attached hydrogens (tertiary/aromatic N) is 4. The monoisotopic (exact) mass is 503 g/mol. The lowest BCUT2D eigenvalue weighted by Crippen LogP contribution is -2.49. The van der Waals surface area contributed by atoms with Crippen LogP contribution in [-0.2, 0) is 11.0 Å². The van der Waals surface area contributed by atoms with Crippen molar-refractivity contribution in [1.29, 1.82) is 0 Å². The lowest BCUT2D eigenvalue weighted by molar-refractivity contribution is -0.171. The van der Waals surface area contributed by atoms with Gasteiger partial charge in [0.2, 0.25) is 5.95 Å². The third-order valence-corrected chi connectivity index (χ3v) is 6.10. The van der Waals surface area contributed by atoms with E-state index in [2.05, 4.69) is 15.3 Å². The number of carbonyl (C=O) groups is 1. The fraction of sp³-hybridized carbons (Fsp3) is 0.522. The van der Waals surface area contributed by atoms with E-state index in [1.807, 2.05) is 32.8 Å². The average Bonchev–Trinajstić information content (AvgIpc) is 2.76. The smallest absolute Gasteiger partial charge is 0.362 e. The van der Waals surface area contributed by atoms with Gasteiger partial charge in [-0.15, -0.1) is 0 Å². The van der Waals surface area contributed by atoms with E-state index < -0.39 is 35.6 Å². The lowest BCUT2D eigenvalue weighted by atomic mass is 9.89. The molecule has 6 nitrogen and oxygen atoms in total. The third kappa shape index (κ3) is 6.15. The normalized spacial score (nSPS) is 18.8. The first-order valence-corrected chi connectivity index (χ1v) is 11.0. The van der Waals surface area contributed by atoms with Crippen LogP contribution in [0.2, 0.25) is 0 Å². The number of aryl methyl sites for hydroxylation is 1. The van der Waals surface area contributed by atoms with E-state index in [0.29, 0.717) is 29.8 Å². The fourth-order valence-corrected chi connectivity index (χ4v) is 4.24. The Morgan fingerprint density at radius 3 is 2.17 bits per heavy atom. The van der Waals surface area contributed by atoms with E-state index in [9.17, 15) is 31.1 Å². The molecular weight excluding hydrogens is 476 g/mol. The average molecular weight is 503 g/mol. The minimum atomic E-state index is -5.22. The number of hydrogen-bond donors (Lipinski definition) is 1. The summed E-state index contributed by atoms with van der Waals surface area (Å²) >= 11 is 0. The van der Waals surface area contributed by atoms with Crippen molar-refractivity contribution in [3.8, 4) is 0 Å². The molecule has 1 amide bonds. The molecule has 1 fully saturated rings. The van der Waals surface area contributed by atoms with Crippen molar-refractivity contribution in [3.63, 3.8) is 0 Å². The van der Waals surface area contributed by atoms with Crippen LogP contribution in [0.15, 0.2) is 24.3 Å². The van der Waals surface area contributed by atoms with E-state index in [-0.39, 0.29) is 18.9 Å². The van der Waals surface area contributed by atoms with E-state index in [4.69, 9.17) is 0 Å². The first-order valence-electron chi connectivity index (χ1n) is 11.0. The van der Waals surface area contributed by atoms with Crippen molar-refractivity contribution in [2.45, 2.75) is 64.0 Å². The second kappa shape index (κ2) is 9.90. The van der Waals surface area contributed by atoms with Crippen LogP contribution in [0.25, 0.3) is 0 Å². The number of halogens is 6. The molecule has 0 bridgehead atoms. The van der Waals surface area contributed by atoms with Gasteiger partial charge in [-0.3, -0.25) is 4.79 Å². The van der Waals surface area contributed by atoms with Gasteiger partial charge >= 0.3 is 18.3 Å². The van der Waals surface area contributed by atoms with Gasteiger partial charge in [0.05, 0.1) is 5.56 Å². The molecule has 0 aliphatic heterocycles. The van der Waals surface area contributed by atoms with Gasteiger partial charge in [0.15, 0.2) is 0 Å². The molecule has 1 aromatic heterocycles. The molecule has 1 aliphatic carbocycles. The number of aromatic nitrogens is 2. The van der Waals surface area contributed by atoms with Crippen LogP contribution in [0, 0.1) is 13.8 Å². The highest BCUT2D eigenvalue weighted by molar-refractivity contribution is 5.98. The van der Waals surface area contributed by atoms with Crippen LogP contribution in [0.3, 0.4) is 0 Å². The predicted molar refractivity (Wildman–Crippen MR) is 120 cm³/mol. The maximum atomic E-state index is 13.4. The number of alkyl halides is 6. The molecule has 35 heavy (non-hydrogen) atoms. The zero-order valence-corrected chi connectivity index (χ0v) is 19.8. The van der Waals surface area contributed by atoms with Crippen molar-refractivity contribution in [1.82, 2.24) is 9.97 Å².